The molecule has 8 heteroatoms. The van der Waals surface area contributed by atoms with Crippen molar-refractivity contribution in [2.45, 2.75) is 51.1 Å². The largest absolute Gasteiger partial charge is 0.493 e. The van der Waals surface area contributed by atoms with Crippen molar-refractivity contribution < 1.29 is 38.0 Å². The first kappa shape index (κ1) is 30.5. The minimum absolute atomic E-state index is 0.356. The molecule has 4 aromatic rings. The minimum Gasteiger partial charge on any atom is -0.493 e. The van der Waals surface area contributed by atoms with E-state index in [1.807, 2.05) is 60.7 Å². The number of rotatable bonds is 12. The zero-order valence-corrected chi connectivity index (χ0v) is 24.9. The Balaban J connectivity index is 1.14. The van der Waals surface area contributed by atoms with Gasteiger partial charge in [-0.05, 0) is 66.8 Å². The molecule has 228 valence electrons. The molecule has 0 unspecified atom stereocenters. The van der Waals surface area contributed by atoms with E-state index in [0.29, 0.717) is 66.6 Å². The van der Waals surface area contributed by atoms with Crippen LogP contribution in [0, 0.1) is 0 Å². The third kappa shape index (κ3) is 8.10. The second kappa shape index (κ2) is 15.0. The average molecular weight is 597 g/mol. The van der Waals surface area contributed by atoms with E-state index in [-0.39, 0.29) is 12.2 Å². The quantitative estimate of drug-likeness (QED) is 0.159. The average Bonchev–Trinajstić information content (AvgIpc) is 3.07. The van der Waals surface area contributed by atoms with Crippen LogP contribution in [0.5, 0.6) is 23.0 Å². The fraction of sp³-hybridized carbons (Fsp3) is 0.278. The number of hydrogen-bond acceptors (Lipinski definition) is 8. The van der Waals surface area contributed by atoms with Crippen LogP contribution in [0.25, 0.3) is 0 Å². The number of benzene rings is 4. The van der Waals surface area contributed by atoms with E-state index in [1.165, 1.54) is 14.2 Å². The highest BCUT2D eigenvalue weighted by molar-refractivity contribution is 5.91. The fourth-order valence-corrected chi connectivity index (χ4v) is 5.05. The maximum atomic E-state index is 13.0. The smallest absolute Gasteiger partial charge is 0.338 e. The van der Waals surface area contributed by atoms with Gasteiger partial charge in [-0.3, -0.25) is 0 Å². The molecule has 0 spiro atoms. The first-order valence-electron chi connectivity index (χ1n) is 14.6. The third-order valence-electron chi connectivity index (χ3n) is 7.40. The van der Waals surface area contributed by atoms with Crippen molar-refractivity contribution in [1.82, 2.24) is 0 Å². The Labute approximate surface area is 257 Å². The van der Waals surface area contributed by atoms with Crippen molar-refractivity contribution >= 4 is 11.9 Å². The normalized spacial score (nSPS) is 16.0. The van der Waals surface area contributed by atoms with Crippen LogP contribution in [0.1, 0.15) is 57.5 Å². The molecule has 2 atom stereocenters. The summed E-state index contributed by atoms with van der Waals surface area (Å²) in [5, 5.41) is 0. The summed E-state index contributed by atoms with van der Waals surface area (Å²) < 4.78 is 34.4. The molecule has 8 nitrogen and oxygen atoms in total. The summed E-state index contributed by atoms with van der Waals surface area (Å²) in [6.07, 6.45) is 1.81. The molecule has 1 aliphatic rings. The van der Waals surface area contributed by atoms with Crippen LogP contribution in [-0.2, 0) is 22.7 Å². The van der Waals surface area contributed by atoms with Crippen molar-refractivity contribution in [3.8, 4) is 23.0 Å². The molecule has 0 amide bonds. The van der Waals surface area contributed by atoms with Gasteiger partial charge in [0.15, 0.2) is 23.0 Å². The lowest BCUT2D eigenvalue weighted by molar-refractivity contribution is -0.0177. The van der Waals surface area contributed by atoms with Gasteiger partial charge in [-0.15, -0.1) is 0 Å². The lowest BCUT2D eigenvalue weighted by Crippen LogP contribution is -2.31. The first-order valence-corrected chi connectivity index (χ1v) is 14.6. The van der Waals surface area contributed by atoms with Gasteiger partial charge in [0.2, 0.25) is 0 Å². The maximum absolute atomic E-state index is 13.0. The monoisotopic (exact) mass is 596 g/mol. The molecule has 0 aliphatic heterocycles. The van der Waals surface area contributed by atoms with E-state index >= 15 is 0 Å². The van der Waals surface area contributed by atoms with Gasteiger partial charge in [0.05, 0.1) is 25.3 Å². The van der Waals surface area contributed by atoms with Crippen molar-refractivity contribution in [3.63, 3.8) is 0 Å². The second-order valence-electron chi connectivity index (χ2n) is 10.5. The lowest BCUT2D eigenvalue weighted by Gasteiger charge is -2.28. The van der Waals surface area contributed by atoms with Gasteiger partial charge in [0.1, 0.15) is 25.4 Å². The standard InChI is InChI=1S/C36H36O8/c1-39-33-20-27(16-18-31(33)41-23-25-10-5-3-6-11-25)35(37)43-29-14-9-15-30(22-29)44-36(38)28-17-19-32(34(21-28)40-2)42-24-26-12-7-4-8-13-26/h3-8,10-13,16-21,29-30H,9,14-15,22-24H2,1-2H3/t29-,30-/m1/s1. The van der Waals surface area contributed by atoms with Crippen LogP contribution in [0.2, 0.25) is 0 Å². The van der Waals surface area contributed by atoms with Crippen molar-refractivity contribution in [3.05, 3.63) is 119 Å². The summed E-state index contributed by atoms with van der Waals surface area (Å²) in [6.45, 7) is 0.754. The summed E-state index contributed by atoms with van der Waals surface area (Å²) in [4.78, 5) is 26.0. The summed E-state index contributed by atoms with van der Waals surface area (Å²) in [7, 11) is 3.06. The fourth-order valence-electron chi connectivity index (χ4n) is 5.05. The lowest BCUT2D eigenvalue weighted by atomic mass is 9.94. The maximum Gasteiger partial charge on any atom is 0.338 e. The number of carbonyl (C=O) groups is 2. The highest BCUT2D eigenvalue weighted by Crippen LogP contribution is 2.32. The first-order chi connectivity index (χ1) is 21.5. The van der Waals surface area contributed by atoms with Gasteiger partial charge in [-0.1, -0.05) is 60.7 Å². The molecule has 5 rings (SSSR count). The number of carbonyl (C=O) groups excluding carboxylic acids is 2. The van der Waals surface area contributed by atoms with E-state index in [9.17, 15) is 9.59 Å². The zero-order chi connectivity index (χ0) is 30.7. The molecule has 44 heavy (non-hydrogen) atoms. The number of hydrogen-bond donors (Lipinski definition) is 0. The second-order valence-corrected chi connectivity index (χ2v) is 10.5. The SMILES string of the molecule is COc1cc(C(=O)O[C@@H]2CCC[C@@H](OC(=O)c3ccc(OCc4ccccc4)c(OC)c3)C2)ccc1OCc1ccccc1. The van der Waals surface area contributed by atoms with Crippen LogP contribution in [0.4, 0.5) is 0 Å². The van der Waals surface area contributed by atoms with Crippen LogP contribution >= 0.6 is 0 Å². The summed E-state index contributed by atoms with van der Waals surface area (Å²) in [5.41, 5.74) is 2.76. The van der Waals surface area contributed by atoms with Gasteiger partial charge in [0, 0.05) is 6.42 Å². The molecule has 4 aromatic carbocycles. The van der Waals surface area contributed by atoms with E-state index in [2.05, 4.69) is 0 Å². The van der Waals surface area contributed by atoms with Crippen molar-refractivity contribution in [2.24, 2.45) is 0 Å². The van der Waals surface area contributed by atoms with Gasteiger partial charge in [-0.25, -0.2) is 9.59 Å². The molecule has 0 heterocycles. The predicted octanol–water partition coefficient (Wildman–Crippen LogP) is 7.19. The number of esters is 2. The zero-order valence-electron chi connectivity index (χ0n) is 24.9. The third-order valence-corrected chi connectivity index (χ3v) is 7.40. The Morgan fingerprint density at radius 2 is 1.02 bits per heavy atom. The number of ether oxygens (including phenoxy) is 6. The molecular formula is C36H36O8. The molecule has 1 fully saturated rings. The van der Waals surface area contributed by atoms with Crippen LogP contribution in [0.15, 0.2) is 97.1 Å². The van der Waals surface area contributed by atoms with Gasteiger partial charge in [0.25, 0.3) is 0 Å². The summed E-state index contributed by atoms with van der Waals surface area (Å²) >= 11 is 0. The Hall–Kier alpha value is -4.98. The Kier molecular flexibility index (Phi) is 10.4. The predicted molar refractivity (Wildman–Crippen MR) is 164 cm³/mol. The molecule has 0 radical (unpaired) electrons. The van der Waals surface area contributed by atoms with Crippen LogP contribution in [-0.4, -0.2) is 38.4 Å². The molecule has 0 aromatic heterocycles. The van der Waals surface area contributed by atoms with Gasteiger partial charge >= 0.3 is 11.9 Å². The van der Waals surface area contributed by atoms with Crippen LogP contribution < -0.4 is 18.9 Å². The van der Waals surface area contributed by atoms with Crippen LogP contribution in [0.3, 0.4) is 0 Å². The van der Waals surface area contributed by atoms with Crippen molar-refractivity contribution in [2.75, 3.05) is 14.2 Å². The molecule has 1 aliphatic carbocycles. The summed E-state index contributed by atoms with van der Waals surface area (Å²) in [6, 6.07) is 29.5. The van der Waals surface area contributed by atoms with Crippen molar-refractivity contribution in [1.29, 1.82) is 0 Å². The van der Waals surface area contributed by atoms with E-state index in [4.69, 9.17) is 28.4 Å². The van der Waals surface area contributed by atoms with E-state index < -0.39 is 11.9 Å². The minimum atomic E-state index is -0.467. The highest BCUT2D eigenvalue weighted by Gasteiger charge is 2.29. The highest BCUT2D eigenvalue weighted by atomic mass is 16.6. The molecule has 0 bridgehead atoms. The topological polar surface area (TPSA) is 89.5 Å². The Bertz CT molecular complexity index is 1420. The van der Waals surface area contributed by atoms with E-state index in [1.54, 1.807) is 36.4 Å². The molecule has 0 N–H and O–H groups in total. The Morgan fingerprint density at radius 1 is 0.591 bits per heavy atom. The van der Waals surface area contributed by atoms with Gasteiger partial charge < -0.3 is 28.4 Å². The Morgan fingerprint density at radius 3 is 1.43 bits per heavy atom. The molecule has 0 saturated heterocycles. The number of methoxy groups -OCH3 is 2. The van der Waals surface area contributed by atoms with E-state index in [0.717, 1.165) is 17.5 Å². The molecular weight excluding hydrogens is 560 g/mol. The summed E-state index contributed by atoms with van der Waals surface area (Å²) in [5.74, 6) is 1.02. The van der Waals surface area contributed by atoms with Gasteiger partial charge in [-0.2, -0.15) is 0 Å². The molecule has 1 saturated carbocycles.